The van der Waals surface area contributed by atoms with Crippen LogP contribution in [0.4, 0.5) is 39.5 Å². The van der Waals surface area contributed by atoms with Gasteiger partial charge in [-0.1, -0.05) is 30.3 Å². The average Bonchev–Trinajstić information content (AvgIpc) is 2.60. The zero-order valence-corrected chi connectivity index (χ0v) is 13.9. The van der Waals surface area contributed by atoms with Crippen LogP contribution in [0.1, 0.15) is 11.7 Å². The van der Waals surface area contributed by atoms with Crippen LogP contribution in [0, 0.1) is 0 Å². The van der Waals surface area contributed by atoms with Crippen molar-refractivity contribution in [1.82, 2.24) is 0 Å². The van der Waals surface area contributed by atoms with Gasteiger partial charge in [-0.2, -0.15) is 39.5 Å². The van der Waals surface area contributed by atoms with Crippen molar-refractivity contribution in [3.63, 3.8) is 0 Å². The highest BCUT2D eigenvalue weighted by atomic mass is 31.2. The summed E-state index contributed by atoms with van der Waals surface area (Å²) in [5.74, 6) is -25.6. The molecule has 1 aromatic rings. The van der Waals surface area contributed by atoms with Gasteiger partial charge in [0, 0.05) is 6.66 Å². The molecule has 1 aromatic carbocycles. The van der Waals surface area contributed by atoms with E-state index in [1.54, 1.807) is 0 Å². The van der Waals surface area contributed by atoms with Gasteiger partial charge < -0.3 is 4.89 Å². The fraction of sp³-hybridized carbons (Fsp3) is 0.538. The monoisotopic (exact) mass is 432 g/mol. The van der Waals surface area contributed by atoms with Crippen LogP contribution in [0.5, 0.6) is 0 Å². The second kappa shape index (κ2) is 6.10. The van der Waals surface area contributed by atoms with Gasteiger partial charge in [0.1, 0.15) is 0 Å². The quantitative estimate of drug-likeness (QED) is 0.539. The standard InChI is InChI=1S/C13H10F9O4P/c1-27(23,24)25-8(7-5-3-2-4-6-7)9(14,15)12(20)10(16,17)11(18,19)13(21,22)26-12/h2-6,8H,1H3,(H,23,24)/t8-,12+/m1/s1. The first-order valence-electron chi connectivity index (χ1n) is 6.85. The molecule has 27 heavy (non-hydrogen) atoms. The van der Waals surface area contributed by atoms with Crippen molar-refractivity contribution in [2.45, 2.75) is 35.8 Å². The zero-order chi connectivity index (χ0) is 21.1. The molecule has 0 bridgehead atoms. The Balaban J connectivity index is 2.67. The average molecular weight is 432 g/mol. The largest absolute Gasteiger partial charge is 0.428 e. The van der Waals surface area contributed by atoms with Crippen molar-refractivity contribution < 1.29 is 58.2 Å². The molecule has 1 saturated heterocycles. The van der Waals surface area contributed by atoms with Gasteiger partial charge in [0.05, 0.1) is 0 Å². The van der Waals surface area contributed by atoms with Gasteiger partial charge in [0.2, 0.25) is 0 Å². The maximum Gasteiger partial charge on any atom is 0.428 e. The van der Waals surface area contributed by atoms with Crippen LogP contribution in [0.15, 0.2) is 30.3 Å². The number of benzene rings is 1. The summed E-state index contributed by atoms with van der Waals surface area (Å²) in [6, 6.07) is 4.54. The van der Waals surface area contributed by atoms with Crippen molar-refractivity contribution in [2.24, 2.45) is 0 Å². The topological polar surface area (TPSA) is 55.8 Å². The summed E-state index contributed by atoms with van der Waals surface area (Å²) in [5.41, 5.74) is -0.936. The summed E-state index contributed by atoms with van der Waals surface area (Å²) in [4.78, 5) is 9.13. The minimum Gasteiger partial charge on any atom is -0.324 e. The van der Waals surface area contributed by atoms with Crippen molar-refractivity contribution in [3.8, 4) is 0 Å². The van der Waals surface area contributed by atoms with Gasteiger partial charge >= 0.3 is 37.3 Å². The number of rotatable bonds is 5. The van der Waals surface area contributed by atoms with E-state index in [0.717, 1.165) is 12.1 Å². The lowest BCUT2D eigenvalue weighted by Crippen LogP contribution is -2.62. The number of alkyl halides is 9. The second-order valence-electron chi connectivity index (χ2n) is 5.68. The Morgan fingerprint density at radius 3 is 1.89 bits per heavy atom. The first-order chi connectivity index (χ1) is 11.9. The highest BCUT2D eigenvalue weighted by Crippen LogP contribution is 2.67. The molecule has 0 saturated carbocycles. The molecular weight excluding hydrogens is 422 g/mol. The summed E-state index contributed by atoms with van der Waals surface area (Å²) < 4.78 is 141. The minimum absolute atomic E-state index is 0.306. The Kier molecular flexibility index (Phi) is 4.97. The minimum atomic E-state index is -6.73. The van der Waals surface area contributed by atoms with Crippen LogP contribution in [-0.4, -0.2) is 41.3 Å². The lowest BCUT2D eigenvalue weighted by molar-refractivity contribution is -0.388. The molecule has 3 atom stereocenters. The molecule has 1 N–H and O–H groups in total. The zero-order valence-electron chi connectivity index (χ0n) is 13.0. The van der Waals surface area contributed by atoms with Crippen LogP contribution in [0.2, 0.25) is 0 Å². The lowest BCUT2D eigenvalue weighted by Gasteiger charge is -2.37. The Labute approximate surface area is 145 Å². The summed E-state index contributed by atoms with van der Waals surface area (Å²) in [7, 11) is -4.98. The molecule has 0 amide bonds. The van der Waals surface area contributed by atoms with E-state index < -0.39 is 49.0 Å². The Morgan fingerprint density at radius 1 is 1.04 bits per heavy atom. The third kappa shape index (κ3) is 3.14. The van der Waals surface area contributed by atoms with E-state index in [1.807, 2.05) is 0 Å². The molecule has 14 heteroatoms. The molecule has 0 aromatic heterocycles. The van der Waals surface area contributed by atoms with Crippen molar-refractivity contribution in [2.75, 3.05) is 6.66 Å². The summed E-state index contributed by atoms with van der Waals surface area (Å²) in [6.07, 6.45) is -9.74. The van der Waals surface area contributed by atoms with E-state index in [4.69, 9.17) is 4.89 Å². The Hall–Kier alpha value is -1.30. The molecule has 1 fully saturated rings. The molecule has 2 rings (SSSR count). The van der Waals surface area contributed by atoms with E-state index in [9.17, 15) is 44.1 Å². The smallest absolute Gasteiger partial charge is 0.324 e. The molecule has 154 valence electrons. The van der Waals surface area contributed by atoms with Crippen molar-refractivity contribution in [3.05, 3.63) is 35.9 Å². The van der Waals surface area contributed by atoms with Gasteiger partial charge in [-0.05, 0) is 5.56 Å². The Morgan fingerprint density at radius 2 is 1.52 bits per heavy atom. The number of ether oxygens (including phenoxy) is 1. The molecule has 1 heterocycles. The molecule has 0 aliphatic carbocycles. The van der Waals surface area contributed by atoms with Gasteiger partial charge in [-0.3, -0.25) is 13.8 Å². The number of hydrogen-bond donors (Lipinski definition) is 1. The van der Waals surface area contributed by atoms with E-state index in [1.165, 1.54) is 6.07 Å². The summed E-state index contributed by atoms with van der Waals surface area (Å²) in [6.45, 7) is 0.306. The van der Waals surface area contributed by atoms with E-state index in [0.29, 0.717) is 18.8 Å². The summed E-state index contributed by atoms with van der Waals surface area (Å²) >= 11 is 0. The van der Waals surface area contributed by atoms with Crippen molar-refractivity contribution in [1.29, 1.82) is 0 Å². The second-order valence-corrected chi connectivity index (χ2v) is 7.50. The molecular formula is C13H10F9O4P. The Bertz CT molecular complexity index is 751. The fourth-order valence-electron chi connectivity index (χ4n) is 2.30. The van der Waals surface area contributed by atoms with Gasteiger partial charge in [0.15, 0.2) is 6.10 Å². The normalized spacial score (nSPS) is 29.9. The fourth-order valence-corrected chi connectivity index (χ4v) is 2.94. The lowest BCUT2D eigenvalue weighted by atomic mass is 9.92. The third-order valence-corrected chi connectivity index (χ3v) is 4.20. The SMILES string of the molecule is CP(=O)(O)O[C@H](c1ccccc1)C(F)(F)[C@]1(F)OC(F)(F)C(F)(F)C1(F)F. The molecule has 0 spiro atoms. The first kappa shape index (κ1) is 22.0. The van der Waals surface area contributed by atoms with Gasteiger partial charge in [-0.25, -0.2) is 0 Å². The van der Waals surface area contributed by atoms with Crippen molar-refractivity contribution >= 4 is 7.60 Å². The van der Waals surface area contributed by atoms with E-state index >= 15 is 0 Å². The molecule has 0 radical (unpaired) electrons. The highest BCUT2D eigenvalue weighted by Gasteiger charge is 2.95. The molecule has 1 aliphatic rings. The molecule has 1 unspecified atom stereocenters. The van der Waals surface area contributed by atoms with Crippen LogP contribution in [0.3, 0.4) is 0 Å². The predicted molar refractivity (Wildman–Crippen MR) is 70.7 cm³/mol. The molecule has 4 nitrogen and oxygen atoms in total. The maximum atomic E-state index is 14.6. The third-order valence-electron chi connectivity index (χ3n) is 3.59. The van der Waals surface area contributed by atoms with E-state index in [-0.39, 0.29) is 0 Å². The van der Waals surface area contributed by atoms with Crippen LogP contribution in [-0.2, 0) is 13.8 Å². The van der Waals surface area contributed by atoms with Crippen LogP contribution >= 0.6 is 7.60 Å². The van der Waals surface area contributed by atoms with Crippen LogP contribution < -0.4 is 0 Å². The first-order valence-corrected chi connectivity index (χ1v) is 8.87. The van der Waals surface area contributed by atoms with E-state index in [2.05, 4.69) is 9.26 Å². The maximum absolute atomic E-state index is 14.6. The predicted octanol–water partition coefficient (Wildman–Crippen LogP) is 4.75. The highest BCUT2D eigenvalue weighted by molar-refractivity contribution is 7.51. The van der Waals surface area contributed by atoms with Gasteiger partial charge in [0.25, 0.3) is 0 Å². The molecule has 1 aliphatic heterocycles. The van der Waals surface area contributed by atoms with Gasteiger partial charge in [-0.15, -0.1) is 0 Å². The van der Waals surface area contributed by atoms with Crippen LogP contribution in [0.25, 0.3) is 0 Å². The number of hydrogen-bond acceptors (Lipinski definition) is 3. The number of halogens is 9. The summed E-state index contributed by atoms with van der Waals surface area (Å²) in [5, 5.41) is 0.